The molecule has 0 aromatic heterocycles. The fourth-order valence-corrected chi connectivity index (χ4v) is 3.31. The second kappa shape index (κ2) is 8.99. The number of benzene rings is 3. The van der Waals surface area contributed by atoms with Gasteiger partial charge in [-0.2, -0.15) is 0 Å². The normalized spacial score (nSPS) is 14.5. The van der Waals surface area contributed by atoms with Crippen molar-refractivity contribution in [2.75, 3.05) is 0 Å². The van der Waals surface area contributed by atoms with Gasteiger partial charge in [0.1, 0.15) is 12.4 Å². The zero-order valence-corrected chi connectivity index (χ0v) is 18.1. The van der Waals surface area contributed by atoms with Crippen LogP contribution in [0.3, 0.4) is 0 Å². The number of halogens is 4. The monoisotopic (exact) mass is 503 g/mol. The molecule has 0 bridgehead atoms. The van der Waals surface area contributed by atoms with E-state index < -0.39 is 17.6 Å². The van der Waals surface area contributed by atoms with Gasteiger partial charge in [-0.05, 0) is 53.6 Å². The Morgan fingerprint density at radius 2 is 1.81 bits per heavy atom. The van der Waals surface area contributed by atoms with Crippen LogP contribution in [0.5, 0.6) is 5.75 Å². The zero-order chi connectivity index (χ0) is 22.0. The number of carbonyl (C=O) groups excluding carboxylic acids is 1. The Hall–Kier alpha value is -3.03. The molecule has 0 fully saturated rings. The topological polar surface area (TPSA) is 47.9 Å². The van der Waals surface area contributed by atoms with Crippen LogP contribution < -0.4 is 4.74 Å². The minimum atomic E-state index is -1.12. The molecule has 3 aromatic carbocycles. The molecule has 31 heavy (non-hydrogen) atoms. The number of rotatable bonds is 5. The maximum Gasteiger partial charge on any atom is 0.363 e. The molecule has 1 heterocycles. The van der Waals surface area contributed by atoms with E-state index in [0.717, 1.165) is 22.2 Å². The highest BCUT2D eigenvalue weighted by atomic mass is 79.9. The van der Waals surface area contributed by atoms with Crippen LogP contribution in [0.2, 0.25) is 5.02 Å². The first-order valence-electron chi connectivity index (χ1n) is 9.04. The molecule has 0 amide bonds. The number of hydrogen-bond donors (Lipinski definition) is 0. The molecule has 0 saturated carbocycles. The van der Waals surface area contributed by atoms with Crippen molar-refractivity contribution in [1.82, 2.24) is 0 Å². The summed E-state index contributed by atoms with van der Waals surface area (Å²) >= 11 is 9.32. The van der Waals surface area contributed by atoms with Crippen LogP contribution in [0.15, 0.2) is 75.8 Å². The second-order valence-electron chi connectivity index (χ2n) is 6.57. The summed E-state index contributed by atoms with van der Waals surface area (Å²) in [5.74, 6) is -2.53. The van der Waals surface area contributed by atoms with Crippen LogP contribution in [0, 0.1) is 11.6 Å². The van der Waals surface area contributed by atoms with E-state index in [-0.39, 0.29) is 22.2 Å². The van der Waals surface area contributed by atoms with E-state index in [4.69, 9.17) is 21.1 Å². The van der Waals surface area contributed by atoms with Crippen LogP contribution >= 0.6 is 27.5 Å². The van der Waals surface area contributed by atoms with Crippen LogP contribution in [0.1, 0.15) is 16.7 Å². The summed E-state index contributed by atoms with van der Waals surface area (Å²) in [4.78, 5) is 16.3. The van der Waals surface area contributed by atoms with Crippen molar-refractivity contribution in [3.63, 3.8) is 0 Å². The van der Waals surface area contributed by atoms with Crippen LogP contribution in [0.25, 0.3) is 6.08 Å². The van der Waals surface area contributed by atoms with Gasteiger partial charge in [-0.3, -0.25) is 0 Å². The van der Waals surface area contributed by atoms with Crippen molar-refractivity contribution in [3.8, 4) is 5.75 Å². The van der Waals surface area contributed by atoms with Crippen molar-refractivity contribution in [1.29, 1.82) is 0 Å². The summed E-state index contributed by atoms with van der Waals surface area (Å²) in [5, 5.41) is -0.116. The first-order chi connectivity index (χ1) is 14.9. The standard InChI is InChI=1S/C23H13BrClF2NO3/c24-15-6-4-13(5-7-15)12-30-16-3-1-2-14(8-16)9-21-23(29)31-22(28-21)17-10-19(26)20(27)11-18(17)25/h1-11H,12H2/b21-9+. The molecule has 3 aromatic rings. The van der Waals surface area contributed by atoms with Gasteiger partial charge in [-0.15, -0.1) is 0 Å². The lowest BCUT2D eigenvalue weighted by Gasteiger charge is -2.07. The van der Waals surface area contributed by atoms with Gasteiger partial charge in [-0.1, -0.05) is 51.8 Å². The maximum atomic E-state index is 13.6. The summed E-state index contributed by atoms with van der Waals surface area (Å²) in [6, 6.07) is 16.5. The number of cyclic esters (lactones) is 1. The van der Waals surface area contributed by atoms with E-state index in [1.165, 1.54) is 6.08 Å². The fourth-order valence-electron chi connectivity index (χ4n) is 2.81. The first-order valence-corrected chi connectivity index (χ1v) is 10.2. The van der Waals surface area contributed by atoms with E-state index in [1.54, 1.807) is 24.3 Å². The number of ether oxygens (including phenoxy) is 2. The Balaban J connectivity index is 1.54. The molecule has 0 radical (unpaired) electrons. The number of hydrogen-bond acceptors (Lipinski definition) is 4. The molecule has 8 heteroatoms. The number of carbonyl (C=O) groups is 1. The third kappa shape index (κ3) is 5.00. The van der Waals surface area contributed by atoms with E-state index in [1.807, 2.05) is 24.3 Å². The Kier molecular flexibility index (Phi) is 6.15. The van der Waals surface area contributed by atoms with Crippen molar-refractivity contribution in [2.45, 2.75) is 6.61 Å². The minimum Gasteiger partial charge on any atom is -0.489 e. The molecule has 0 aliphatic carbocycles. The highest BCUT2D eigenvalue weighted by Gasteiger charge is 2.26. The van der Waals surface area contributed by atoms with Crippen molar-refractivity contribution < 1.29 is 23.0 Å². The highest BCUT2D eigenvalue weighted by molar-refractivity contribution is 9.10. The van der Waals surface area contributed by atoms with Gasteiger partial charge >= 0.3 is 5.97 Å². The van der Waals surface area contributed by atoms with Gasteiger partial charge in [0, 0.05) is 4.47 Å². The predicted molar refractivity (Wildman–Crippen MR) is 117 cm³/mol. The molecule has 0 N–H and O–H groups in total. The smallest absolute Gasteiger partial charge is 0.363 e. The molecule has 4 nitrogen and oxygen atoms in total. The molecule has 0 saturated heterocycles. The quantitative estimate of drug-likeness (QED) is 0.233. The molecule has 156 valence electrons. The van der Waals surface area contributed by atoms with E-state index in [2.05, 4.69) is 20.9 Å². The number of nitrogens with zero attached hydrogens (tertiary/aromatic N) is 1. The predicted octanol–water partition coefficient (Wildman–Crippen LogP) is 6.30. The van der Waals surface area contributed by atoms with Gasteiger partial charge in [0.25, 0.3) is 0 Å². The van der Waals surface area contributed by atoms with Crippen LogP contribution in [-0.2, 0) is 16.1 Å². The third-order valence-corrected chi connectivity index (χ3v) is 5.18. The Labute approximate surface area is 189 Å². The van der Waals surface area contributed by atoms with Gasteiger partial charge in [0.2, 0.25) is 5.90 Å². The largest absolute Gasteiger partial charge is 0.489 e. The lowest BCUT2D eigenvalue weighted by atomic mass is 10.2. The van der Waals surface area contributed by atoms with Gasteiger partial charge < -0.3 is 9.47 Å². The Morgan fingerprint density at radius 1 is 1.06 bits per heavy atom. The average Bonchev–Trinajstić information content (AvgIpc) is 3.10. The molecular formula is C23H13BrClF2NO3. The van der Waals surface area contributed by atoms with Gasteiger partial charge in [0.15, 0.2) is 17.3 Å². The Bertz CT molecular complexity index is 1230. The second-order valence-corrected chi connectivity index (χ2v) is 7.89. The number of aliphatic imine (C=N–C) groups is 1. The van der Waals surface area contributed by atoms with Crippen LogP contribution in [-0.4, -0.2) is 11.9 Å². The lowest BCUT2D eigenvalue weighted by Crippen LogP contribution is -2.07. The van der Waals surface area contributed by atoms with E-state index >= 15 is 0 Å². The van der Waals surface area contributed by atoms with Crippen molar-refractivity contribution >= 4 is 45.5 Å². The molecule has 1 aliphatic heterocycles. The molecule has 1 aliphatic rings. The maximum absolute atomic E-state index is 13.6. The van der Waals surface area contributed by atoms with Gasteiger partial charge in [-0.25, -0.2) is 18.6 Å². The van der Waals surface area contributed by atoms with Crippen molar-refractivity contribution in [3.05, 3.63) is 104 Å². The first kappa shape index (κ1) is 21.2. The van der Waals surface area contributed by atoms with Crippen molar-refractivity contribution in [2.24, 2.45) is 4.99 Å². The molecule has 0 atom stereocenters. The molecule has 0 unspecified atom stereocenters. The summed E-state index contributed by atoms with van der Waals surface area (Å²) in [5.41, 5.74) is 1.65. The fraction of sp³-hybridized carbons (Fsp3) is 0.0435. The molecular weight excluding hydrogens is 492 g/mol. The third-order valence-electron chi connectivity index (χ3n) is 4.34. The van der Waals surface area contributed by atoms with E-state index in [0.29, 0.717) is 17.9 Å². The average molecular weight is 505 g/mol. The molecule has 0 spiro atoms. The number of esters is 1. The summed E-state index contributed by atoms with van der Waals surface area (Å²) in [6.07, 6.45) is 1.51. The van der Waals surface area contributed by atoms with E-state index in [9.17, 15) is 13.6 Å². The SMILES string of the molecule is O=C1OC(c2cc(F)c(F)cc2Cl)=N/C1=C/c1cccc(OCc2ccc(Br)cc2)c1. The highest BCUT2D eigenvalue weighted by Crippen LogP contribution is 2.26. The summed E-state index contributed by atoms with van der Waals surface area (Å²) < 4.78 is 38.7. The summed E-state index contributed by atoms with van der Waals surface area (Å²) in [6.45, 7) is 0.381. The zero-order valence-electron chi connectivity index (χ0n) is 15.7. The lowest BCUT2D eigenvalue weighted by molar-refractivity contribution is -0.129. The van der Waals surface area contributed by atoms with Gasteiger partial charge in [0.05, 0.1) is 10.6 Å². The summed E-state index contributed by atoms with van der Waals surface area (Å²) in [7, 11) is 0. The molecule has 4 rings (SSSR count). The minimum absolute atomic E-state index is 0.000796. The van der Waals surface area contributed by atoms with Crippen LogP contribution in [0.4, 0.5) is 8.78 Å². The Morgan fingerprint density at radius 3 is 2.58 bits per heavy atom.